The molecule has 5 rings (SSSR count). The molecule has 162 valence electrons. The van der Waals surface area contributed by atoms with E-state index in [9.17, 15) is 14.4 Å². The van der Waals surface area contributed by atoms with Crippen LogP contribution in [-0.4, -0.2) is 24.8 Å². The summed E-state index contributed by atoms with van der Waals surface area (Å²) < 4.78 is 5.09. The number of allylic oxidation sites excluding steroid dienone is 1. The van der Waals surface area contributed by atoms with Gasteiger partial charge in [-0.25, -0.2) is 4.79 Å². The first kappa shape index (κ1) is 20.3. The number of nitrogens with zero attached hydrogens (tertiary/aromatic N) is 1. The number of rotatable bonds is 2. The maximum absolute atomic E-state index is 13.6. The summed E-state index contributed by atoms with van der Waals surface area (Å²) in [7, 11) is 1.23. The molecular formula is C24H20ClN3O4. The smallest absolute Gasteiger partial charge is 0.339 e. The molecule has 2 aliphatic heterocycles. The van der Waals surface area contributed by atoms with E-state index in [1.165, 1.54) is 7.11 Å². The number of ketones is 1. The van der Waals surface area contributed by atoms with Gasteiger partial charge in [0.25, 0.3) is 0 Å². The van der Waals surface area contributed by atoms with Crippen molar-refractivity contribution in [2.24, 2.45) is 5.73 Å². The van der Waals surface area contributed by atoms with Crippen molar-refractivity contribution in [2.75, 3.05) is 17.3 Å². The Morgan fingerprint density at radius 3 is 2.69 bits per heavy atom. The number of amides is 1. The molecule has 0 saturated carbocycles. The van der Waals surface area contributed by atoms with Crippen LogP contribution in [-0.2, 0) is 24.5 Å². The predicted molar refractivity (Wildman–Crippen MR) is 120 cm³/mol. The highest BCUT2D eigenvalue weighted by atomic mass is 35.5. The van der Waals surface area contributed by atoms with Gasteiger partial charge in [0.15, 0.2) is 5.78 Å². The highest BCUT2D eigenvalue weighted by Crippen LogP contribution is 2.55. The van der Waals surface area contributed by atoms with Crippen molar-refractivity contribution in [2.45, 2.75) is 24.7 Å². The number of esters is 1. The van der Waals surface area contributed by atoms with Gasteiger partial charge in [0, 0.05) is 39.7 Å². The fourth-order valence-electron chi connectivity index (χ4n) is 5.07. The van der Waals surface area contributed by atoms with E-state index in [2.05, 4.69) is 5.32 Å². The Hall–Kier alpha value is -3.58. The number of carbonyl (C=O) groups is 3. The summed E-state index contributed by atoms with van der Waals surface area (Å²) in [5, 5.41) is 3.32. The third-order valence-corrected chi connectivity index (χ3v) is 6.51. The van der Waals surface area contributed by atoms with Gasteiger partial charge < -0.3 is 15.8 Å². The molecule has 0 aromatic heterocycles. The number of Topliss-reactive ketones (excluding diaryl/α,β-unsaturated/α-hetero) is 1. The summed E-state index contributed by atoms with van der Waals surface area (Å²) in [6.45, 7) is 0. The van der Waals surface area contributed by atoms with Crippen LogP contribution in [0.2, 0.25) is 5.02 Å². The molecule has 1 spiro atoms. The molecule has 2 aromatic carbocycles. The number of hydrogen-bond donors (Lipinski definition) is 2. The quantitative estimate of drug-likeness (QED) is 0.681. The van der Waals surface area contributed by atoms with Crippen LogP contribution in [0.5, 0.6) is 0 Å². The van der Waals surface area contributed by atoms with Crippen molar-refractivity contribution in [1.82, 2.24) is 0 Å². The van der Waals surface area contributed by atoms with Gasteiger partial charge >= 0.3 is 5.97 Å². The highest BCUT2D eigenvalue weighted by Gasteiger charge is 2.61. The first-order chi connectivity index (χ1) is 15.4. The van der Waals surface area contributed by atoms with Gasteiger partial charge in [-0.05, 0) is 37.1 Å². The summed E-state index contributed by atoms with van der Waals surface area (Å²) in [6, 6.07) is 14.0. The Morgan fingerprint density at radius 2 is 1.94 bits per heavy atom. The zero-order valence-corrected chi connectivity index (χ0v) is 18.0. The minimum Gasteiger partial charge on any atom is -0.466 e. The van der Waals surface area contributed by atoms with Crippen molar-refractivity contribution >= 4 is 40.6 Å². The zero-order chi connectivity index (χ0) is 22.6. The van der Waals surface area contributed by atoms with Crippen molar-refractivity contribution in [1.29, 1.82) is 0 Å². The monoisotopic (exact) mass is 449 g/mol. The number of nitrogens with two attached hydrogens (primary N) is 1. The Labute approximate surface area is 189 Å². The second-order valence-corrected chi connectivity index (χ2v) is 8.35. The topological polar surface area (TPSA) is 102 Å². The predicted octanol–water partition coefficient (Wildman–Crippen LogP) is 3.40. The number of hydrogen-bond acceptors (Lipinski definition) is 6. The Bertz CT molecular complexity index is 1270. The third kappa shape index (κ3) is 2.58. The Kier molecular flexibility index (Phi) is 4.60. The number of methoxy groups -OCH3 is 1. The average Bonchev–Trinajstić information content (AvgIpc) is 3.06. The van der Waals surface area contributed by atoms with E-state index in [4.69, 9.17) is 22.1 Å². The highest BCUT2D eigenvalue weighted by molar-refractivity contribution is 6.31. The lowest BCUT2D eigenvalue weighted by Crippen LogP contribution is -2.53. The summed E-state index contributed by atoms with van der Waals surface area (Å²) in [5.41, 5.74) is 7.41. The fraction of sp³-hybridized carbons (Fsp3) is 0.208. The van der Waals surface area contributed by atoms with Crippen molar-refractivity contribution in [3.05, 3.63) is 81.8 Å². The number of carbonyl (C=O) groups excluding carboxylic acids is 3. The van der Waals surface area contributed by atoms with E-state index >= 15 is 0 Å². The molecule has 8 heteroatoms. The zero-order valence-electron chi connectivity index (χ0n) is 17.3. The second kappa shape index (κ2) is 7.24. The van der Waals surface area contributed by atoms with Gasteiger partial charge in [-0.3, -0.25) is 14.5 Å². The molecule has 0 saturated heterocycles. The number of fused-ring (bicyclic) bond motifs is 3. The number of ether oxygens (including phenoxy) is 1. The Morgan fingerprint density at radius 1 is 1.16 bits per heavy atom. The summed E-state index contributed by atoms with van der Waals surface area (Å²) in [6.07, 6.45) is 1.39. The Balaban J connectivity index is 1.91. The molecule has 1 aliphatic carbocycles. The van der Waals surface area contributed by atoms with Crippen LogP contribution >= 0.6 is 11.6 Å². The molecule has 3 aliphatic rings. The lowest BCUT2D eigenvalue weighted by atomic mass is 9.63. The van der Waals surface area contributed by atoms with E-state index in [0.717, 1.165) is 0 Å². The standard InChI is InChI=1S/C24H20ClN3O4/c1-32-22(30)20-21(26)28(14-7-4-6-13(25)12-14)17-10-5-11-18(29)19(17)24(20)15-8-2-3-9-16(15)27-23(24)31/h2-4,6-9,12H,5,10-11,26H2,1H3,(H,27,31). The van der Waals surface area contributed by atoms with Crippen molar-refractivity contribution < 1.29 is 19.1 Å². The summed E-state index contributed by atoms with van der Waals surface area (Å²) >= 11 is 6.23. The van der Waals surface area contributed by atoms with Crippen LogP contribution in [0.15, 0.2) is 71.2 Å². The molecule has 32 heavy (non-hydrogen) atoms. The largest absolute Gasteiger partial charge is 0.466 e. The van der Waals surface area contributed by atoms with Crippen LogP contribution in [0.3, 0.4) is 0 Å². The first-order valence-electron chi connectivity index (χ1n) is 10.2. The van der Waals surface area contributed by atoms with Crippen LogP contribution in [0.1, 0.15) is 24.8 Å². The maximum atomic E-state index is 13.6. The molecule has 3 N–H and O–H groups in total. The first-order valence-corrected chi connectivity index (χ1v) is 10.6. The maximum Gasteiger partial charge on any atom is 0.339 e. The molecule has 2 aromatic rings. The molecule has 1 amide bonds. The van der Waals surface area contributed by atoms with Gasteiger partial charge in [0.05, 0.1) is 7.11 Å². The summed E-state index contributed by atoms with van der Waals surface area (Å²) in [4.78, 5) is 41.9. The van der Waals surface area contributed by atoms with E-state index in [0.29, 0.717) is 40.5 Å². The molecule has 0 fully saturated rings. The van der Waals surface area contributed by atoms with Gasteiger partial charge in [0.2, 0.25) is 5.91 Å². The van der Waals surface area contributed by atoms with Gasteiger partial charge in [-0.15, -0.1) is 0 Å². The van der Waals surface area contributed by atoms with Crippen LogP contribution < -0.4 is 16.0 Å². The number of para-hydroxylation sites is 1. The third-order valence-electron chi connectivity index (χ3n) is 6.28. The number of nitrogens with one attached hydrogen (secondary N) is 1. The molecule has 1 unspecified atom stereocenters. The SMILES string of the molecule is COC(=O)C1=C(N)N(c2cccc(Cl)c2)C2=C(C(=O)CCC2)C12C(=O)Nc1ccccc12. The minimum atomic E-state index is -1.67. The molecule has 1 atom stereocenters. The second-order valence-electron chi connectivity index (χ2n) is 7.92. The summed E-state index contributed by atoms with van der Waals surface area (Å²) in [5.74, 6) is -1.42. The lowest BCUT2D eigenvalue weighted by Gasteiger charge is -2.44. The van der Waals surface area contributed by atoms with E-state index in [1.807, 2.05) is 0 Å². The number of anilines is 2. The fourth-order valence-corrected chi connectivity index (χ4v) is 5.26. The minimum absolute atomic E-state index is 0.0411. The number of halogens is 1. The van der Waals surface area contributed by atoms with E-state index in [-0.39, 0.29) is 29.2 Å². The molecule has 0 bridgehead atoms. The average molecular weight is 450 g/mol. The molecule has 0 radical (unpaired) electrons. The van der Waals surface area contributed by atoms with Gasteiger partial charge in [-0.2, -0.15) is 0 Å². The molecule has 2 heterocycles. The van der Waals surface area contributed by atoms with E-state index in [1.54, 1.807) is 53.4 Å². The van der Waals surface area contributed by atoms with Gasteiger partial charge in [-0.1, -0.05) is 35.9 Å². The van der Waals surface area contributed by atoms with Crippen LogP contribution in [0, 0.1) is 0 Å². The van der Waals surface area contributed by atoms with Gasteiger partial charge in [0.1, 0.15) is 16.8 Å². The molecular weight excluding hydrogens is 430 g/mol. The lowest BCUT2D eigenvalue weighted by molar-refractivity contribution is -0.138. The molecule has 7 nitrogen and oxygen atoms in total. The normalized spacial score (nSPS) is 22.1. The number of benzene rings is 2. The van der Waals surface area contributed by atoms with Crippen molar-refractivity contribution in [3.63, 3.8) is 0 Å². The van der Waals surface area contributed by atoms with Crippen LogP contribution in [0.25, 0.3) is 0 Å². The van der Waals surface area contributed by atoms with E-state index < -0.39 is 17.3 Å². The van der Waals surface area contributed by atoms with Crippen LogP contribution in [0.4, 0.5) is 11.4 Å². The van der Waals surface area contributed by atoms with Crippen molar-refractivity contribution in [3.8, 4) is 0 Å².